The maximum absolute atomic E-state index is 12.9. The van der Waals surface area contributed by atoms with Gasteiger partial charge in [0.05, 0.1) is 17.9 Å². The Balaban J connectivity index is 1.96. The lowest BCUT2D eigenvalue weighted by Gasteiger charge is -2.32. The summed E-state index contributed by atoms with van der Waals surface area (Å²) < 4.78 is 11.6. The fraction of sp³-hybridized carbons (Fsp3) is 0.259. The molecule has 0 aliphatic carbocycles. The number of benzene rings is 3. The van der Waals surface area contributed by atoms with Crippen LogP contribution in [0.25, 0.3) is 0 Å². The maximum Gasteiger partial charge on any atom is 0.308 e. The van der Waals surface area contributed by atoms with Crippen molar-refractivity contribution in [2.45, 2.75) is 39.8 Å². The van der Waals surface area contributed by atoms with Crippen LogP contribution in [0.1, 0.15) is 47.3 Å². The Morgan fingerprint density at radius 2 is 1.55 bits per heavy atom. The van der Waals surface area contributed by atoms with Gasteiger partial charge in [0.15, 0.2) is 17.3 Å². The van der Waals surface area contributed by atoms with Gasteiger partial charge in [-0.15, -0.1) is 0 Å². The van der Waals surface area contributed by atoms with Crippen LogP contribution in [0.3, 0.4) is 0 Å². The van der Waals surface area contributed by atoms with Crippen molar-refractivity contribution in [3.05, 3.63) is 82.9 Å². The largest absolute Gasteiger partial charge is 0.507 e. The number of Topliss-reactive ketones (excluding diaryl/α,β-unsaturated/α-hetero) is 1. The van der Waals surface area contributed by atoms with Gasteiger partial charge in [-0.2, -0.15) is 0 Å². The van der Waals surface area contributed by atoms with Crippen LogP contribution in [0.15, 0.2) is 60.7 Å². The minimum Gasteiger partial charge on any atom is -0.507 e. The van der Waals surface area contributed by atoms with Crippen LogP contribution < -0.4 is 14.4 Å². The van der Waals surface area contributed by atoms with E-state index in [2.05, 4.69) is 0 Å². The molecule has 33 heavy (non-hydrogen) atoms. The molecule has 6 nitrogen and oxygen atoms in total. The molecule has 0 unspecified atom stereocenters. The molecule has 0 saturated heterocycles. The Hall–Kier alpha value is -3.80. The summed E-state index contributed by atoms with van der Waals surface area (Å²) in [5.41, 5.74) is 3.03. The Kier molecular flexibility index (Phi) is 6.63. The van der Waals surface area contributed by atoms with Gasteiger partial charge in [-0.25, -0.2) is 0 Å². The third kappa shape index (κ3) is 4.85. The monoisotopic (exact) mass is 445 g/mol. The second kappa shape index (κ2) is 9.77. The summed E-state index contributed by atoms with van der Waals surface area (Å²) in [6.07, 6.45) is 1.24. The number of ether oxygens (including phenoxy) is 2. The third-order valence-corrected chi connectivity index (χ3v) is 5.62. The summed E-state index contributed by atoms with van der Waals surface area (Å²) in [5, 5.41) is 11.2. The second-order valence-electron chi connectivity index (χ2n) is 8.14. The molecule has 1 N–H and O–H groups in total. The predicted molar refractivity (Wildman–Crippen MR) is 126 cm³/mol. The minimum atomic E-state index is -0.521. The van der Waals surface area contributed by atoms with Gasteiger partial charge >= 0.3 is 5.97 Å². The fourth-order valence-corrected chi connectivity index (χ4v) is 4.23. The number of carbonyl (C=O) groups excluding carboxylic acids is 2. The van der Waals surface area contributed by atoms with Crippen molar-refractivity contribution in [3.8, 4) is 17.2 Å². The van der Waals surface area contributed by atoms with Gasteiger partial charge in [0.25, 0.3) is 0 Å². The Morgan fingerprint density at radius 1 is 0.970 bits per heavy atom. The number of fused-ring (bicyclic) bond motifs is 1. The van der Waals surface area contributed by atoms with Crippen LogP contribution in [-0.2, 0) is 24.3 Å². The Bertz CT molecular complexity index is 1120. The SMILES string of the molecule is CC(=O)Oc1c2c(c(O)c(C(C)=O)c1N(Cc1ccccc1)Cc1ccccc1)CCCO2. The predicted octanol–water partition coefficient (Wildman–Crippen LogP) is 5.05. The molecule has 3 aromatic carbocycles. The van der Waals surface area contributed by atoms with E-state index in [4.69, 9.17) is 9.47 Å². The molecule has 0 fully saturated rings. The van der Waals surface area contributed by atoms with Crippen molar-refractivity contribution in [1.29, 1.82) is 0 Å². The normalized spacial score (nSPS) is 12.4. The van der Waals surface area contributed by atoms with Gasteiger partial charge in [-0.1, -0.05) is 60.7 Å². The summed E-state index contributed by atoms with van der Waals surface area (Å²) in [6.45, 7) is 4.04. The first-order valence-corrected chi connectivity index (χ1v) is 11.0. The van der Waals surface area contributed by atoms with E-state index in [9.17, 15) is 14.7 Å². The number of anilines is 1. The molecule has 0 aromatic heterocycles. The molecule has 0 amide bonds. The van der Waals surface area contributed by atoms with E-state index in [-0.39, 0.29) is 22.8 Å². The lowest BCUT2D eigenvalue weighted by Crippen LogP contribution is -2.26. The molecule has 6 heteroatoms. The summed E-state index contributed by atoms with van der Waals surface area (Å²) in [4.78, 5) is 26.9. The highest BCUT2D eigenvalue weighted by molar-refractivity contribution is 6.05. The molecule has 170 valence electrons. The summed E-state index contributed by atoms with van der Waals surface area (Å²) >= 11 is 0. The van der Waals surface area contributed by atoms with Crippen LogP contribution in [0.5, 0.6) is 17.2 Å². The topological polar surface area (TPSA) is 76.1 Å². The first-order chi connectivity index (χ1) is 16.0. The van der Waals surface area contributed by atoms with Crippen molar-refractivity contribution >= 4 is 17.4 Å². The fourth-order valence-electron chi connectivity index (χ4n) is 4.23. The van der Waals surface area contributed by atoms with E-state index in [0.717, 1.165) is 11.1 Å². The van der Waals surface area contributed by atoms with Crippen molar-refractivity contribution in [3.63, 3.8) is 0 Å². The highest BCUT2D eigenvalue weighted by atomic mass is 16.6. The molecule has 3 aromatic rings. The first kappa shape index (κ1) is 22.4. The Labute approximate surface area is 193 Å². The highest BCUT2D eigenvalue weighted by Gasteiger charge is 2.33. The zero-order valence-electron chi connectivity index (χ0n) is 18.8. The number of ketones is 1. The summed E-state index contributed by atoms with van der Waals surface area (Å²) in [5.74, 6) is -0.413. The van der Waals surface area contributed by atoms with Gasteiger partial charge in [0.1, 0.15) is 5.75 Å². The van der Waals surface area contributed by atoms with E-state index in [0.29, 0.717) is 49.5 Å². The van der Waals surface area contributed by atoms with Crippen molar-refractivity contribution in [2.24, 2.45) is 0 Å². The average Bonchev–Trinajstić information content (AvgIpc) is 2.81. The van der Waals surface area contributed by atoms with Crippen LogP contribution in [0.4, 0.5) is 5.69 Å². The zero-order valence-corrected chi connectivity index (χ0v) is 18.8. The number of phenolic OH excluding ortho intramolecular Hbond substituents is 1. The van der Waals surface area contributed by atoms with E-state index in [1.54, 1.807) is 0 Å². The number of hydrogen-bond donors (Lipinski definition) is 1. The molecular weight excluding hydrogens is 418 g/mol. The number of carbonyl (C=O) groups is 2. The molecular formula is C27H27NO5. The average molecular weight is 446 g/mol. The molecule has 1 aliphatic rings. The highest BCUT2D eigenvalue weighted by Crippen LogP contribution is 2.51. The quantitative estimate of drug-likeness (QED) is 0.312. The molecule has 1 aliphatic heterocycles. The molecule has 4 rings (SSSR count). The molecule has 1 heterocycles. The number of esters is 1. The third-order valence-electron chi connectivity index (χ3n) is 5.62. The van der Waals surface area contributed by atoms with E-state index >= 15 is 0 Å². The van der Waals surface area contributed by atoms with Gasteiger partial charge in [-0.05, 0) is 30.9 Å². The van der Waals surface area contributed by atoms with Gasteiger partial charge in [0.2, 0.25) is 0 Å². The van der Waals surface area contributed by atoms with Crippen LogP contribution in [-0.4, -0.2) is 23.5 Å². The number of rotatable bonds is 7. The molecule has 0 atom stereocenters. The lowest BCUT2D eigenvalue weighted by atomic mass is 9.95. The molecule has 0 spiro atoms. The number of hydrogen-bond acceptors (Lipinski definition) is 6. The molecule has 0 bridgehead atoms. The number of nitrogens with zero attached hydrogens (tertiary/aromatic N) is 1. The van der Waals surface area contributed by atoms with Crippen molar-refractivity contribution in [1.82, 2.24) is 0 Å². The Morgan fingerprint density at radius 3 is 2.06 bits per heavy atom. The summed E-state index contributed by atoms with van der Waals surface area (Å²) in [7, 11) is 0. The van der Waals surface area contributed by atoms with Crippen LogP contribution in [0.2, 0.25) is 0 Å². The molecule has 0 radical (unpaired) electrons. The van der Waals surface area contributed by atoms with E-state index < -0.39 is 5.97 Å². The van der Waals surface area contributed by atoms with E-state index in [1.165, 1.54) is 13.8 Å². The van der Waals surface area contributed by atoms with E-state index in [1.807, 2.05) is 65.6 Å². The smallest absolute Gasteiger partial charge is 0.308 e. The van der Waals surface area contributed by atoms with Crippen LogP contribution >= 0.6 is 0 Å². The van der Waals surface area contributed by atoms with Gasteiger partial charge in [-0.3, -0.25) is 9.59 Å². The molecule has 0 saturated carbocycles. The van der Waals surface area contributed by atoms with Crippen molar-refractivity contribution < 1.29 is 24.2 Å². The minimum absolute atomic E-state index is 0.103. The zero-order chi connectivity index (χ0) is 23.4. The van der Waals surface area contributed by atoms with Crippen LogP contribution in [0, 0.1) is 0 Å². The standard InChI is InChI=1S/C27H27NO5/c1-18(29)23-24(27(33-19(2)30)26-22(25(23)31)14-9-15-32-26)28(16-20-10-5-3-6-11-20)17-21-12-7-4-8-13-21/h3-8,10-13,31H,9,14-17H2,1-2H3. The lowest BCUT2D eigenvalue weighted by molar-refractivity contribution is -0.132. The second-order valence-corrected chi connectivity index (χ2v) is 8.14. The first-order valence-electron chi connectivity index (χ1n) is 11.0. The van der Waals surface area contributed by atoms with Gasteiger partial charge in [0, 0.05) is 25.6 Å². The maximum atomic E-state index is 12.9. The van der Waals surface area contributed by atoms with Gasteiger partial charge < -0.3 is 19.5 Å². The summed E-state index contributed by atoms with van der Waals surface area (Å²) in [6, 6.07) is 19.6. The number of phenols is 1. The van der Waals surface area contributed by atoms with Crippen molar-refractivity contribution in [2.75, 3.05) is 11.5 Å². The number of aromatic hydroxyl groups is 1.